The second-order valence-electron chi connectivity index (χ2n) is 12.7. The Kier molecular flexibility index (Phi) is 23.5. The summed E-state index contributed by atoms with van der Waals surface area (Å²) in [4.78, 5) is 34.8. The van der Waals surface area contributed by atoms with E-state index < -0.39 is 35.7 Å². The molecule has 0 aliphatic heterocycles. The second kappa shape index (κ2) is 24.7. The van der Waals surface area contributed by atoms with E-state index >= 15 is 0 Å². The van der Waals surface area contributed by atoms with E-state index in [4.69, 9.17) is 0 Å². The zero-order chi connectivity index (χ0) is 30.9. The van der Waals surface area contributed by atoms with Crippen molar-refractivity contribution in [3.05, 3.63) is 12.2 Å². The van der Waals surface area contributed by atoms with Crippen LogP contribution in [0, 0.1) is 17.8 Å². The highest BCUT2D eigenvalue weighted by atomic mass is 16.4. The van der Waals surface area contributed by atoms with Crippen molar-refractivity contribution < 1.29 is 34.2 Å². The lowest BCUT2D eigenvalue weighted by Crippen LogP contribution is -2.58. The van der Waals surface area contributed by atoms with E-state index in [0.717, 1.165) is 19.3 Å². The van der Waals surface area contributed by atoms with Crippen molar-refractivity contribution in [1.29, 1.82) is 0 Å². The molecule has 3 unspecified atom stereocenters. The third-order valence-electron chi connectivity index (χ3n) is 8.37. The Hall–Kier alpha value is -1.89. The van der Waals surface area contributed by atoms with Crippen molar-refractivity contribution in [2.24, 2.45) is 17.8 Å². The van der Waals surface area contributed by atoms with E-state index in [2.05, 4.69) is 19.1 Å². The van der Waals surface area contributed by atoms with Crippen LogP contribution in [0.3, 0.4) is 0 Å². The van der Waals surface area contributed by atoms with E-state index in [1.165, 1.54) is 96.3 Å². The molecule has 0 fully saturated rings. The van der Waals surface area contributed by atoms with Gasteiger partial charge in [0.05, 0.1) is 26.2 Å². The number of aliphatic carboxylic acids is 3. The summed E-state index contributed by atoms with van der Waals surface area (Å²) in [6.45, 7) is 8.25. The number of hydrogen-bond acceptors (Lipinski definition) is 4. The molecule has 0 aromatic rings. The Morgan fingerprint density at radius 2 is 0.927 bits per heavy atom. The summed E-state index contributed by atoms with van der Waals surface area (Å²) in [6.07, 6.45) is 27.0. The largest absolute Gasteiger partial charge is 0.550 e. The van der Waals surface area contributed by atoms with Gasteiger partial charge in [0.1, 0.15) is 11.8 Å². The summed E-state index contributed by atoms with van der Waals surface area (Å²) in [5.74, 6) is -5.23. The number of rotatable bonds is 29. The van der Waals surface area contributed by atoms with E-state index in [0.29, 0.717) is 6.54 Å². The number of carboxylic acids is 3. The molecule has 0 spiro atoms. The molecule has 3 atom stereocenters. The molecule has 0 aliphatic carbocycles. The highest BCUT2D eigenvalue weighted by Crippen LogP contribution is 2.22. The summed E-state index contributed by atoms with van der Waals surface area (Å²) in [5.41, 5.74) is 0. The molecule has 0 heterocycles. The van der Waals surface area contributed by atoms with Gasteiger partial charge >= 0.3 is 11.9 Å². The molecule has 7 nitrogen and oxygen atoms in total. The van der Waals surface area contributed by atoms with Gasteiger partial charge in [-0.25, -0.2) is 0 Å². The first-order valence-corrected chi connectivity index (χ1v) is 16.7. The number of unbranched alkanes of at least 4 members (excludes halogenated alkanes) is 16. The molecule has 2 N–H and O–H groups in total. The van der Waals surface area contributed by atoms with Crippen molar-refractivity contribution in [3.63, 3.8) is 0 Å². The number of hydrogen-bond donors (Lipinski definition) is 2. The number of nitrogens with zero attached hydrogens (tertiary/aromatic N) is 1. The van der Waals surface area contributed by atoms with Crippen LogP contribution in [0.2, 0.25) is 0 Å². The van der Waals surface area contributed by atoms with Gasteiger partial charge in [-0.15, -0.1) is 0 Å². The predicted octanol–water partition coefficient (Wildman–Crippen LogP) is 7.23. The molecule has 0 amide bonds. The van der Waals surface area contributed by atoms with Crippen LogP contribution < -0.4 is 5.11 Å². The molecule has 0 aliphatic rings. The van der Waals surface area contributed by atoms with Crippen LogP contribution in [0.25, 0.3) is 0 Å². The fourth-order valence-corrected chi connectivity index (χ4v) is 5.87. The molecule has 0 radical (unpaired) electrons. The summed E-state index contributed by atoms with van der Waals surface area (Å²) in [6, 6.07) is 0. The normalized spacial score (nSPS) is 15.4. The molecular weight excluding hydrogens is 518 g/mol. The molecule has 0 saturated heterocycles. The molecule has 0 bridgehead atoms. The lowest BCUT2D eigenvalue weighted by molar-refractivity contribution is -0.934. The average Bonchev–Trinajstić information content (AvgIpc) is 2.91. The fourth-order valence-electron chi connectivity index (χ4n) is 5.87. The van der Waals surface area contributed by atoms with Gasteiger partial charge in [-0.2, -0.15) is 0 Å². The molecule has 0 aromatic carbocycles. The Morgan fingerprint density at radius 3 is 1.29 bits per heavy atom. The maximum absolute atomic E-state index is 11.6. The zero-order valence-electron chi connectivity index (χ0n) is 26.9. The topological polar surface area (TPSA) is 115 Å². The van der Waals surface area contributed by atoms with Crippen molar-refractivity contribution in [1.82, 2.24) is 0 Å². The predicted molar refractivity (Wildman–Crippen MR) is 165 cm³/mol. The zero-order valence-corrected chi connectivity index (χ0v) is 26.9. The van der Waals surface area contributed by atoms with Gasteiger partial charge in [0.25, 0.3) is 0 Å². The maximum Gasteiger partial charge on any atom is 0.311 e. The molecule has 7 heteroatoms. The minimum absolute atomic E-state index is 0.186. The van der Waals surface area contributed by atoms with Crippen LogP contribution in [0.1, 0.15) is 143 Å². The number of allylic oxidation sites excluding steroid dienone is 2. The SMILES string of the molecule is CCCCC/C=C/CCCCCCCCCCCCCCC[N+](CC(C)C(=O)[O-])(CC(C)C(=O)O)CC(C)C(=O)O. The van der Waals surface area contributed by atoms with Gasteiger partial charge in [-0.05, 0) is 52.4 Å². The van der Waals surface area contributed by atoms with Crippen LogP contribution in [-0.2, 0) is 14.4 Å². The Bertz CT molecular complexity index is 667. The first-order chi connectivity index (χ1) is 19.5. The second-order valence-corrected chi connectivity index (χ2v) is 12.7. The minimum atomic E-state index is -1.18. The molecule has 0 rings (SSSR count). The van der Waals surface area contributed by atoms with Gasteiger partial charge in [0, 0.05) is 11.9 Å². The summed E-state index contributed by atoms with van der Waals surface area (Å²) in [5, 5.41) is 30.5. The Labute approximate surface area is 251 Å². The molecular formula is C34H63NO6. The molecule has 0 saturated carbocycles. The van der Waals surface area contributed by atoms with Gasteiger partial charge in [0.2, 0.25) is 0 Å². The van der Waals surface area contributed by atoms with E-state index in [1.807, 2.05) is 0 Å². The average molecular weight is 582 g/mol. The van der Waals surface area contributed by atoms with Crippen molar-refractivity contribution in [2.45, 2.75) is 143 Å². The Morgan fingerprint density at radius 1 is 0.585 bits per heavy atom. The highest BCUT2D eigenvalue weighted by molar-refractivity contribution is 5.70. The molecule has 240 valence electrons. The van der Waals surface area contributed by atoms with Crippen LogP contribution in [-0.4, -0.2) is 58.8 Å². The third kappa shape index (κ3) is 21.5. The molecule has 41 heavy (non-hydrogen) atoms. The van der Waals surface area contributed by atoms with E-state index in [-0.39, 0.29) is 24.1 Å². The number of carboxylic acid groups (broad SMARTS) is 3. The quantitative estimate of drug-likeness (QED) is 0.0547. The lowest BCUT2D eigenvalue weighted by Gasteiger charge is -2.43. The highest BCUT2D eigenvalue weighted by Gasteiger charge is 2.36. The van der Waals surface area contributed by atoms with Crippen LogP contribution in [0.5, 0.6) is 0 Å². The summed E-state index contributed by atoms with van der Waals surface area (Å²) in [7, 11) is 0. The third-order valence-corrected chi connectivity index (χ3v) is 8.37. The van der Waals surface area contributed by atoms with Gasteiger partial charge in [-0.1, -0.05) is 103 Å². The number of quaternary nitrogens is 1. The summed E-state index contributed by atoms with van der Waals surface area (Å²) < 4.78 is 0.186. The minimum Gasteiger partial charge on any atom is -0.550 e. The van der Waals surface area contributed by atoms with E-state index in [9.17, 15) is 29.7 Å². The monoisotopic (exact) mass is 581 g/mol. The van der Waals surface area contributed by atoms with Crippen LogP contribution in [0.4, 0.5) is 0 Å². The fraction of sp³-hybridized carbons (Fsp3) is 0.853. The molecule has 0 aromatic heterocycles. The van der Waals surface area contributed by atoms with Crippen LogP contribution >= 0.6 is 0 Å². The van der Waals surface area contributed by atoms with Gasteiger partial charge in [0.15, 0.2) is 0 Å². The summed E-state index contributed by atoms with van der Waals surface area (Å²) >= 11 is 0. The van der Waals surface area contributed by atoms with Crippen molar-refractivity contribution in [3.8, 4) is 0 Å². The first kappa shape index (κ1) is 39.1. The van der Waals surface area contributed by atoms with Crippen molar-refractivity contribution >= 4 is 17.9 Å². The van der Waals surface area contributed by atoms with E-state index in [1.54, 1.807) is 20.8 Å². The number of carbonyl (C=O) groups is 3. The van der Waals surface area contributed by atoms with Gasteiger partial charge < -0.3 is 24.6 Å². The van der Waals surface area contributed by atoms with Crippen molar-refractivity contribution in [2.75, 3.05) is 26.2 Å². The Balaban J connectivity index is 4.24. The standard InChI is InChI=1S/C34H63NO6/c1-5-6-7-8-9-10-11-12-13-14-15-16-17-18-19-20-21-22-23-24-25-35(26-29(2)32(36)37,27-30(3)33(38)39)28-31(4)34(40)41/h9-10,29-31H,5-8,11-28H2,1-4H3,(H2-,36,37,38,39,40,41)/b10-9+. The maximum atomic E-state index is 11.6. The number of carbonyl (C=O) groups excluding carboxylic acids is 1. The van der Waals surface area contributed by atoms with Crippen LogP contribution in [0.15, 0.2) is 12.2 Å². The van der Waals surface area contributed by atoms with Gasteiger partial charge in [-0.3, -0.25) is 9.59 Å². The smallest absolute Gasteiger partial charge is 0.311 e. The first-order valence-electron chi connectivity index (χ1n) is 16.7. The lowest BCUT2D eigenvalue weighted by atomic mass is 10.00.